The van der Waals surface area contributed by atoms with Crippen LogP contribution in [0.2, 0.25) is 5.02 Å². The van der Waals surface area contributed by atoms with Crippen LogP contribution in [0.1, 0.15) is 23.1 Å². The van der Waals surface area contributed by atoms with E-state index in [9.17, 15) is 0 Å². The second kappa shape index (κ2) is 4.96. The Hall–Kier alpha value is -1.78. The Morgan fingerprint density at radius 1 is 1.35 bits per heavy atom. The summed E-state index contributed by atoms with van der Waals surface area (Å²) in [7, 11) is 3.75. The number of rotatable bonds is 3. The summed E-state index contributed by atoms with van der Waals surface area (Å²) in [6.07, 6.45) is 1.65. The van der Waals surface area contributed by atoms with Crippen molar-refractivity contribution < 1.29 is 4.42 Å². The molecule has 0 aliphatic carbocycles. The van der Waals surface area contributed by atoms with Gasteiger partial charge in [-0.05, 0) is 32.2 Å². The van der Waals surface area contributed by atoms with Crippen molar-refractivity contribution in [2.24, 2.45) is 7.05 Å². The van der Waals surface area contributed by atoms with Gasteiger partial charge in [0.1, 0.15) is 17.4 Å². The highest BCUT2D eigenvalue weighted by Crippen LogP contribution is 2.31. The van der Waals surface area contributed by atoms with Crippen LogP contribution in [-0.4, -0.2) is 16.8 Å². The molecule has 3 aromatic rings. The Morgan fingerprint density at radius 2 is 2.15 bits per heavy atom. The molecule has 0 bridgehead atoms. The molecule has 0 radical (unpaired) electrons. The van der Waals surface area contributed by atoms with Gasteiger partial charge in [0.05, 0.1) is 16.9 Å². The smallest absolute Gasteiger partial charge is 0.134 e. The lowest BCUT2D eigenvalue weighted by molar-refractivity contribution is 0.473. The lowest BCUT2D eigenvalue weighted by atomic mass is 10.1. The van der Waals surface area contributed by atoms with Gasteiger partial charge in [0, 0.05) is 12.4 Å². The fraction of sp³-hybridized carbons (Fsp3) is 0.267. The number of hydrogen-bond donors (Lipinski definition) is 1. The van der Waals surface area contributed by atoms with Crippen LogP contribution in [0, 0.1) is 6.92 Å². The minimum absolute atomic E-state index is 0.122. The maximum atomic E-state index is 6.23. The number of furan rings is 1. The summed E-state index contributed by atoms with van der Waals surface area (Å²) in [5.74, 6) is 0.832. The average Bonchev–Trinajstić information content (AvgIpc) is 2.97. The third-order valence-corrected chi connectivity index (χ3v) is 3.77. The molecule has 0 aliphatic rings. The Labute approximate surface area is 122 Å². The van der Waals surface area contributed by atoms with E-state index in [2.05, 4.69) is 23.4 Å². The van der Waals surface area contributed by atoms with Crippen LogP contribution in [0.5, 0.6) is 0 Å². The molecular formula is C15H16ClN3O. The molecule has 1 atom stereocenters. The number of halogens is 1. The molecule has 2 aromatic heterocycles. The summed E-state index contributed by atoms with van der Waals surface area (Å²) >= 11 is 6.23. The predicted molar refractivity (Wildman–Crippen MR) is 80.1 cm³/mol. The number of fused-ring (bicyclic) bond motifs is 1. The third-order valence-electron chi connectivity index (χ3n) is 3.48. The number of nitrogens with one attached hydrogen (secondary N) is 1. The molecule has 3 rings (SSSR count). The standard InChI is InChI=1S/C15H16ClN3O/c1-9-4-5-12-10(6-9)7-13(20-12)14(17-2)15-11(16)8-18-19(15)3/h4-8,14,17H,1-3H3. The van der Waals surface area contributed by atoms with Crippen LogP contribution in [0.15, 0.2) is 34.9 Å². The molecule has 1 N–H and O–H groups in total. The molecule has 0 fully saturated rings. The zero-order valence-electron chi connectivity index (χ0n) is 11.6. The molecular weight excluding hydrogens is 274 g/mol. The molecule has 0 amide bonds. The zero-order valence-corrected chi connectivity index (χ0v) is 12.4. The minimum atomic E-state index is -0.122. The number of aryl methyl sites for hydroxylation is 2. The van der Waals surface area contributed by atoms with Crippen molar-refractivity contribution in [2.45, 2.75) is 13.0 Å². The minimum Gasteiger partial charge on any atom is -0.459 e. The van der Waals surface area contributed by atoms with Crippen molar-refractivity contribution in [3.63, 3.8) is 0 Å². The van der Waals surface area contributed by atoms with Gasteiger partial charge in [-0.1, -0.05) is 23.2 Å². The molecule has 1 unspecified atom stereocenters. The molecule has 1 aromatic carbocycles. The highest BCUT2D eigenvalue weighted by molar-refractivity contribution is 6.31. The summed E-state index contributed by atoms with van der Waals surface area (Å²) < 4.78 is 7.71. The van der Waals surface area contributed by atoms with Crippen LogP contribution < -0.4 is 5.32 Å². The molecule has 4 nitrogen and oxygen atoms in total. The first-order chi connectivity index (χ1) is 9.60. The normalized spacial score (nSPS) is 13.0. The second-order valence-electron chi connectivity index (χ2n) is 4.91. The van der Waals surface area contributed by atoms with E-state index in [1.54, 1.807) is 10.9 Å². The summed E-state index contributed by atoms with van der Waals surface area (Å²) in [6, 6.07) is 8.07. The first kappa shape index (κ1) is 13.2. The highest BCUT2D eigenvalue weighted by Gasteiger charge is 2.22. The van der Waals surface area contributed by atoms with E-state index in [0.717, 1.165) is 22.4 Å². The largest absolute Gasteiger partial charge is 0.459 e. The van der Waals surface area contributed by atoms with E-state index in [1.807, 2.05) is 32.3 Å². The van der Waals surface area contributed by atoms with Crippen molar-refractivity contribution >= 4 is 22.6 Å². The monoisotopic (exact) mass is 289 g/mol. The van der Waals surface area contributed by atoms with Crippen molar-refractivity contribution in [3.05, 3.63) is 52.5 Å². The van der Waals surface area contributed by atoms with E-state index in [1.165, 1.54) is 5.56 Å². The summed E-state index contributed by atoms with van der Waals surface area (Å²) in [5, 5.41) is 9.14. The van der Waals surface area contributed by atoms with Crippen molar-refractivity contribution in [1.82, 2.24) is 15.1 Å². The van der Waals surface area contributed by atoms with E-state index in [0.29, 0.717) is 5.02 Å². The maximum Gasteiger partial charge on any atom is 0.134 e. The molecule has 104 valence electrons. The van der Waals surface area contributed by atoms with E-state index >= 15 is 0 Å². The Kier molecular flexibility index (Phi) is 3.28. The molecule has 5 heteroatoms. The van der Waals surface area contributed by atoms with Gasteiger partial charge in [0.15, 0.2) is 0 Å². The van der Waals surface area contributed by atoms with Gasteiger partial charge >= 0.3 is 0 Å². The molecule has 2 heterocycles. The number of benzene rings is 1. The predicted octanol–water partition coefficient (Wildman–Crippen LogP) is 3.44. The van der Waals surface area contributed by atoms with E-state index < -0.39 is 0 Å². The number of hydrogen-bond acceptors (Lipinski definition) is 3. The quantitative estimate of drug-likeness (QED) is 0.803. The van der Waals surface area contributed by atoms with Crippen LogP contribution in [-0.2, 0) is 7.05 Å². The topological polar surface area (TPSA) is 43.0 Å². The Morgan fingerprint density at radius 3 is 2.80 bits per heavy atom. The summed E-state index contributed by atoms with van der Waals surface area (Å²) in [6.45, 7) is 2.07. The average molecular weight is 290 g/mol. The summed E-state index contributed by atoms with van der Waals surface area (Å²) in [4.78, 5) is 0. The van der Waals surface area contributed by atoms with Crippen LogP contribution in [0.4, 0.5) is 0 Å². The van der Waals surface area contributed by atoms with Gasteiger partial charge in [-0.3, -0.25) is 4.68 Å². The molecule has 0 aliphatic heterocycles. The van der Waals surface area contributed by atoms with Crippen LogP contribution >= 0.6 is 11.6 Å². The van der Waals surface area contributed by atoms with Crippen LogP contribution in [0.3, 0.4) is 0 Å². The maximum absolute atomic E-state index is 6.23. The van der Waals surface area contributed by atoms with Gasteiger partial charge in [-0.25, -0.2) is 0 Å². The Bertz CT molecular complexity index is 740. The highest BCUT2D eigenvalue weighted by atomic mass is 35.5. The van der Waals surface area contributed by atoms with Crippen molar-refractivity contribution in [2.75, 3.05) is 7.05 Å². The first-order valence-corrected chi connectivity index (χ1v) is 6.82. The van der Waals surface area contributed by atoms with Crippen LogP contribution in [0.25, 0.3) is 11.0 Å². The molecule has 0 spiro atoms. The van der Waals surface area contributed by atoms with Crippen molar-refractivity contribution in [1.29, 1.82) is 0 Å². The third kappa shape index (κ3) is 2.11. The van der Waals surface area contributed by atoms with E-state index in [-0.39, 0.29) is 6.04 Å². The Balaban J connectivity index is 2.12. The number of aromatic nitrogens is 2. The van der Waals surface area contributed by atoms with Gasteiger partial charge < -0.3 is 9.73 Å². The zero-order chi connectivity index (χ0) is 14.3. The summed E-state index contributed by atoms with van der Waals surface area (Å²) in [5.41, 5.74) is 2.98. The van der Waals surface area contributed by atoms with Crippen molar-refractivity contribution in [3.8, 4) is 0 Å². The van der Waals surface area contributed by atoms with E-state index in [4.69, 9.17) is 16.0 Å². The molecule has 0 saturated carbocycles. The lowest BCUT2D eigenvalue weighted by Gasteiger charge is -2.14. The molecule has 0 saturated heterocycles. The lowest BCUT2D eigenvalue weighted by Crippen LogP contribution is -2.20. The number of nitrogens with zero attached hydrogens (tertiary/aromatic N) is 2. The van der Waals surface area contributed by atoms with Gasteiger partial charge in [-0.2, -0.15) is 5.10 Å². The first-order valence-electron chi connectivity index (χ1n) is 6.45. The van der Waals surface area contributed by atoms with Gasteiger partial charge in [0.25, 0.3) is 0 Å². The molecule has 20 heavy (non-hydrogen) atoms. The van der Waals surface area contributed by atoms with Gasteiger partial charge in [-0.15, -0.1) is 0 Å². The SMILES string of the molecule is CNC(c1cc2cc(C)ccc2o1)c1c(Cl)cnn1C. The fourth-order valence-corrected chi connectivity index (χ4v) is 2.76. The fourth-order valence-electron chi connectivity index (χ4n) is 2.48. The van der Waals surface area contributed by atoms with Gasteiger partial charge in [0.2, 0.25) is 0 Å². The second-order valence-corrected chi connectivity index (χ2v) is 5.32.